The number of carboxylic acids is 1. The summed E-state index contributed by atoms with van der Waals surface area (Å²) in [7, 11) is 0. The Morgan fingerprint density at radius 3 is 2.24 bits per heavy atom. The molecule has 0 saturated carbocycles. The van der Waals surface area contributed by atoms with Crippen molar-refractivity contribution in [3.8, 4) is 0 Å². The van der Waals surface area contributed by atoms with E-state index >= 15 is 0 Å². The molecule has 0 spiro atoms. The van der Waals surface area contributed by atoms with Crippen molar-refractivity contribution in [3.05, 3.63) is 71.3 Å². The van der Waals surface area contributed by atoms with Crippen LogP contribution in [0, 0.1) is 5.92 Å². The Morgan fingerprint density at radius 2 is 1.56 bits per heavy atom. The molecule has 0 aliphatic carbocycles. The summed E-state index contributed by atoms with van der Waals surface area (Å²) in [6.07, 6.45) is 2.78. The molecule has 0 unspecified atom stereocenters. The van der Waals surface area contributed by atoms with E-state index in [2.05, 4.69) is 12.1 Å². The Balaban J connectivity index is 1.68. The van der Waals surface area contributed by atoms with E-state index in [-0.39, 0.29) is 11.8 Å². The largest absolute Gasteiger partial charge is 0.481 e. The Hall–Kier alpha value is -2.62. The zero-order valence-corrected chi connectivity index (χ0v) is 14.2. The second-order valence-corrected chi connectivity index (χ2v) is 6.55. The Labute approximate surface area is 148 Å². The summed E-state index contributed by atoms with van der Waals surface area (Å²) in [5.74, 6) is -1.06. The summed E-state index contributed by atoms with van der Waals surface area (Å²) in [5, 5.41) is 9.10. The van der Waals surface area contributed by atoms with Gasteiger partial charge in [0.15, 0.2) is 0 Å². The third-order valence-electron chi connectivity index (χ3n) is 4.91. The van der Waals surface area contributed by atoms with Crippen LogP contribution in [0.2, 0.25) is 0 Å². The van der Waals surface area contributed by atoms with Crippen molar-refractivity contribution in [2.75, 3.05) is 13.1 Å². The molecule has 1 saturated heterocycles. The number of aryl methyl sites for hydroxylation is 2. The van der Waals surface area contributed by atoms with Gasteiger partial charge in [0.2, 0.25) is 0 Å². The fourth-order valence-electron chi connectivity index (χ4n) is 3.37. The molecule has 0 radical (unpaired) electrons. The van der Waals surface area contributed by atoms with Gasteiger partial charge >= 0.3 is 5.97 Å². The number of aliphatic carboxylic acids is 1. The van der Waals surface area contributed by atoms with Crippen LogP contribution in [0.15, 0.2) is 54.6 Å². The molecule has 2 aromatic carbocycles. The highest BCUT2D eigenvalue weighted by molar-refractivity contribution is 5.95. The standard InChI is InChI=1S/C21H23NO3/c23-20(22-14-12-18(13-15-22)21(24)25)19-9-5-4-8-17(19)11-10-16-6-2-1-3-7-16/h1-9,18H,10-15H2,(H,24,25). The fourth-order valence-corrected chi connectivity index (χ4v) is 3.37. The van der Waals surface area contributed by atoms with Crippen LogP contribution >= 0.6 is 0 Å². The summed E-state index contributed by atoms with van der Waals surface area (Å²) in [5.41, 5.74) is 3.05. The van der Waals surface area contributed by atoms with E-state index in [0.29, 0.717) is 25.9 Å². The first kappa shape index (κ1) is 17.2. The number of hydrogen-bond acceptors (Lipinski definition) is 2. The van der Waals surface area contributed by atoms with Crippen LogP contribution in [-0.4, -0.2) is 35.0 Å². The van der Waals surface area contributed by atoms with E-state index in [1.165, 1.54) is 5.56 Å². The number of carbonyl (C=O) groups is 2. The Morgan fingerprint density at radius 1 is 0.920 bits per heavy atom. The average molecular weight is 337 g/mol. The molecule has 1 fully saturated rings. The van der Waals surface area contributed by atoms with Gasteiger partial charge in [-0.25, -0.2) is 0 Å². The average Bonchev–Trinajstić information content (AvgIpc) is 2.67. The fraction of sp³-hybridized carbons (Fsp3) is 0.333. The quantitative estimate of drug-likeness (QED) is 0.909. The number of amides is 1. The minimum Gasteiger partial charge on any atom is -0.481 e. The van der Waals surface area contributed by atoms with Gasteiger partial charge in [0.05, 0.1) is 5.92 Å². The predicted octanol–water partition coefficient (Wildman–Crippen LogP) is 3.41. The third-order valence-corrected chi connectivity index (χ3v) is 4.91. The van der Waals surface area contributed by atoms with Crippen molar-refractivity contribution in [2.45, 2.75) is 25.7 Å². The van der Waals surface area contributed by atoms with Crippen LogP contribution in [-0.2, 0) is 17.6 Å². The summed E-state index contributed by atoms with van der Waals surface area (Å²) >= 11 is 0. The van der Waals surface area contributed by atoms with Crippen molar-refractivity contribution in [3.63, 3.8) is 0 Å². The van der Waals surface area contributed by atoms with E-state index in [9.17, 15) is 9.59 Å². The van der Waals surface area contributed by atoms with Crippen molar-refractivity contribution in [2.24, 2.45) is 5.92 Å². The molecule has 1 N–H and O–H groups in total. The van der Waals surface area contributed by atoms with Gasteiger partial charge in [-0.05, 0) is 42.9 Å². The number of carbonyl (C=O) groups excluding carboxylic acids is 1. The lowest BCUT2D eigenvalue weighted by molar-refractivity contribution is -0.143. The van der Waals surface area contributed by atoms with Crippen LogP contribution in [0.3, 0.4) is 0 Å². The zero-order chi connectivity index (χ0) is 17.6. The van der Waals surface area contributed by atoms with E-state index in [1.807, 2.05) is 42.5 Å². The van der Waals surface area contributed by atoms with Crippen LogP contribution in [0.4, 0.5) is 0 Å². The number of hydrogen-bond donors (Lipinski definition) is 1. The molecular formula is C21H23NO3. The summed E-state index contributed by atoms with van der Waals surface area (Å²) in [4.78, 5) is 25.8. The number of rotatable bonds is 5. The summed E-state index contributed by atoms with van der Waals surface area (Å²) < 4.78 is 0. The van der Waals surface area contributed by atoms with Gasteiger partial charge in [-0.1, -0.05) is 48.5 Å². The molecule has 25 heavy (non-hydrogen) atoms. The van der Waals surface area contributed by atoms with Crippen LogP contribution in [0.1, 0.15) is 34.3 Å². The molecule has 3 rings (SSSR count). The van der Waals surface area contributed by atoms with Gasteiger partial charge in [-0.15, -0.1) is 0 Å². The SMILES string of the molecule is O=C(O)C1CCN(C(=O)c2ccccc2CCc2ccccc2)CC1. The molecule has 0 atom stereocenters. The lowest BCUT2D eigenvalue weighted by Crippen LogP contribution is -2.40. The molecule has 1 heterocycles. The normalized spacial score (nSPS) is 15.1. The van der Waals surface area contributed by atoms with Crippen LogP contribution in [0.25, 0.3) is 0 Å². The monoisotopic (exact) mass is 337 g/mol. The van der Waals surface area contributed by atoms with Gasteiger partial charge in [-0.3, -0.25) is 9.59 Å². The van der Waals surface area contributed by atoms with Crippen molar-refractivity contribution < 1.29 is 14.7 Å². The topological polar surface area (TPSA) is 57.6 Å². The maximum absolute atomic E-state index is 12.9. The number of nitrogens with zero attached hydrogens (tertiary/aromatic N) is 1. The van der Waals surface area contributed by atoms with Crippen molar-refractivity contribution in [1.82, 2.24) is 4.90 Å². The summed E-state index contributed by atoms with van der Waals surface area (Å²) in [6.45, 7) is 1.03. The highest BCUT2D eigenvalue weighted by Gasteiger charge is 2.28. The number of likely N-dealkylation sites (tertiary alicyclic amines) is 1. The highest BCUT2D eigenvalue weighted by atomic mass is 16.4. The van der Waals surface area contributed by atoms with Crippen LogP contribution in [0.5, 0.6) is 0 Å². The lowest BCUT2D eigenvalue weighted by atomic mass is 9.95. The van der Waals surface area contributed by atoms with Crippen LogP contribution < -0.4 is 0 Å². The maximum atomic E-state index is 12.9. The first-order chi connectivity index (χ1) is 12.1. The van der Waals surface area contributed by atoms with E-state index in [1.54, 1.807) is 4.90 Å². The van der Waals surface area contributed by atoms with Gasteiger partial charge < -0.3 is 10.0 Å². The molecule has 130 valence electrons. The number of benzene rings is 2. The van der Waals surface area contributed by atoms with Gasteiger partial charge in [0.25, 0.3) is 5.91 Å². The molecule has 2 aromatic rings. The molecular weight excluding hydrogens is 314 g/mol. The van der Waals surface area contributed by atoms with Crippen molar-refractivity contribution in [1.29, 1.82) is 0 Å². The summed E-state index contributed by atoms with van der Waals surface area (Å²) in [6, 6.07) is 18.0. The van der Waals surface area contributed by atoms with Gasteiger partial charge in [-0.2, -0.15) is 0 Å². The number of piperidine rings is 1. The zero-order valence-electron chi connectivity index (χ0n) is 14.2. The molecule has 0 aromatic heterocycles. The third kappa shape index (κ3) is 4.27. The van der Waals surface area contributed by atoms with E-state index < -0.39 is 5.97 Å². The van der Waals surface area contributed by atoms with Gasteiger partial charge in [0.1, 0.15) is 0 Å². The first-order valence-corrected chi connectivity index (χ1v) is 8.79. The first-order valence-electron chi connectivity index (χ1n) is 8.79. The highest BCUT2D eigenvalue weighted by Crippen LogP contribution is 2.21. The Kier molecular flexibility index (Phi) is 5.49. The Bertz CT molecular complexity index is 734. The number of carboxylic acid groups (broad SMARTS) is 1. The van der Waals surface area contributed by atoms with E-state index in [0.717, 1.165) is 24.0 Å². The molecule has 1 amide bonds. The van der Waals surface area contributed by atoms with Crippen molar-refractivity contribution >= 4 is 11.9 Å². The second kappa shape index (κ2) is 7.97. The minimum atomic E-state index is -0.754. The predicted molar refractivity (Wildman–Crippen MR) is 96.6 cm³/mol. The maximum Gasteiger partial charge on any atom is 0.306 e. The molecule has 1 aliphatic rings. The van der Waals surface area contributed by atoms with Gasteiger partial charge in [0, 0.05) is 18.7 Å². The smallest absolute Gasteiger partial charge is 0.306 e. The second-order valence-electron chi connectivity index (χ2n) is 6.55. The molecule has 0 bridgehead atoms. The minimum absolute atomic E-state index is 0.0208. The molecule has 1 aliphatic heterocycles. The van der Waals surface area contributed by atoms with E-state index in [4.69, 9.17) is 5.11 Å². The molecule has 4 heteroatoms. The molecule has 4 nitrogen and oxygen atoms in total. The lowest BCUT2D eigenvalue weighted by Gasteiger charge is -2.30.